The zero-order valence-corrected chi connectivity index (χ0v) is 12.2. The third-order valence-electron chi connectivity index (χ3n) is 2.53. The molecule has 0 fully saturated rings. The lowest BCUT2D eigenvalue weighted by Crippen LogP contribution is -2.12. The topological polar surface area (TPSA) is 14.2 Å². The van der Waals surface area contributed by atoms with E-state index in [1.165, 1.54) is 11.1 Å². The molecule has 0 atom stereocenters. The first-order valence-corrected chi connectivity index (χ1v) is 6.60. The Bertz CT molecular complexity index is 481. The van der Waals surface area contributed by atoms with Gasteiger partial charge in [0.05, 0.1) is 0 Å². The SMILES string of the molecule is CC(C)=CCC/C(C)=C\COn1ccccc1=S. The van der Waals surface area contributed by atoms with Crippen molar-refractivity contribution in [3.63, 3.8) is 0 Å². The van der Waals surface area contributed by atoms with Crippen LogP contribution in [0.15, 0.2) is 47.7 Å². The molecular weight excluding hydrogens is 242 g/mol. The Hall–Kier alpha value is -1.35. The summed E-state index contributed by atoms with van der Waals surface area (Å²) in [5.41, 5.74) is 2.71. The highest BCUT2D eigenvalue weighted by Crippen LogP contribution is 2.06. The van der Waals surface area contributed by atoms with Gasteiger partial charge in [-0.25, -0.2) is 0 Å². The van der Waals surface area contributed by atoms with Crippen LogP contribution in [-0.4, -0.2) is 11.3 Å². The summed E-state index contributed by atoms with van der Waals surface area (Å²) in [6, 6.07) is 5.66. The van der Waals surface area contributed by atoms with Crippen LogP contribution in [0, 0.1) is 4.64 Å². The number of allylic oxidation sites excluding steroid dienone is 3. The van der Waals surface area contributed by atoms with Crippen molar-refractivity contribution in [3.8, 4) is 0 Å². The Morgan fingerprint density at radius 3 is 2.72 bits per heavy atom. The highest BCUT2D eigenvalue weighted by molar-refractivity contribution is 7.71. The van der Waals surface area contributed by atoms with E-state index in [1.54, 1.807) is 4.73 Å². The van der Waals surface area contributed by atoms with Gasteiger partial charge in [0.2, 0.25) is 0 Å². The lowest BCUT2D eigenvalue weighted by atomic mass is 10.1. The van der Waals surface area contributed by atoms with Crippen LogP contribution in [0.4, 0.5) is 0 Å². The van der Waals surface area contributed by atoms with Crippen LogP contribution < -0.4 is 4.84 Å². The summed E-state index contributed by atoms with van der Waals surface area (Å²) in [6.45, 7) is 6.93. The zero-order valence-electron chi connectivity index (χ0n) is 11.3. The van der Waals surface area contributed by atoms with E-state index in [0.717, 1.165) is 12.8 Å². The van der Waals surface area contributed by atoms with Crippen molar-refractivity contribution in [1.82, 2.24) is 4.73 Å². The van der Waals surface area contributed by atoms with Gasteiger partial charge in [-0.3, -0.25) is 0 Å². The number of aromatic nitrogens is 1. The molecule has 1 heterocycles. The Labute approximate surface area is 115 Å². The molecule has 0 unspecified atom stereocenters. The van der Waals surface area contributed by atoms with E-state index < -0.39 is 0 Å². The largest absolute Gasteiger partial charge is 0.409 e. The van der Waals surface area contributed by atoms with Gasteiger partial charge in [0.1, 0.15) is 11.2 Å². The first-order valence-electron chi connectivity index (χ1n) is 6.19. The second-order valence-corrected chi connectivity index (χ2v) is 4.95. The molecule has 0 aliphatic heterocycles. The Morgan fingerprint density at radius 1 is 1.28 bits per heavy atom. The highest BCUT2D eigenvalue weighted by Gasteiger charge is 1.91. The predicted molar refractivity (Wildman–Crippen MR) is 79.1 cm³/mol. The van der Waals surface area contributed by atoms with E-state index >= 15 is 0 Å². The number of pyridine rings is 1. The average Bonchev–Trinajstić information content (AvgIpc) is 2.31. The summed E-state index contributed by atoms with van der Waals surface area (Å²) < 4.78 is 2.31. The molecule has 98 valence electrons. The molecule has 1 rings (SSSR count). The fourth-order valence-corrected chi connectivity index (χ4v) is 1.66. The van der Waals surface area contributed by atoms with Crippen molar-refractivity contribution < 1.29 is 4.84 Å². The molecule has 0 amide bonds. The summed E-state index contributed by atoms with van der Waals surface area (Å²) in [5.74, 6) is 0. The normalized spacial score (nSPS) is 11.2. The van der Waals surface area contributed by atoms with Crippen molar-refractivity contribution >= 4 is 12.2 Å². The number of hydrogen-bond donors (Lipinski definition) is 0. The number of hydrogen-bond acceptors (Lipinski definition) is 2. The minimum absolute atomic E-state index is 0.555. The van der Waals surface area contributed by atoms with Crippen LogP contribution in [0.5, 0.6) is 0 Å². The molecule has 0 N–H and O–H groups in total. The van der Waals surface area contributed by atoms with Gasteiger partial charge < -0.3 is 4.84 Å². The second-order valence-electron chi connectivity index (χ2n) is 4.53. The average molecular weight is 263 g/mol. The molecule has 18 heavy (non-hydrogen) atoms. The van der Waals surface area contributed by atoms with Crippen LogP contribution >= 0.6 is 12.2 Å². The monoisotopic (exact) mass is 263 g/mol. The Morgan fingerprint density at radius 2 is 2.06 bits per heavy atom. The molecule has 1 aromatic rings. The standard InChI is InChI=1S/C15H21NOS/c1-13(2)7-6-8-14(3)10-12-17-16-11-5-4-9-15(16)18/h4-5,7,9-11H,6,8,12H2,1-3H3/b14-10-. The minimum Gasteiger partial charge on any atom is -0.409 e. The molecule has 0 aliphatic rings. The fourth-order valence-electron chi connectivity index (χ4n) is 1.47. The van der Waals surface area contributed by atoms with Crippen LogP contribution in [-0.2, 0) is 0 Å². The fraction of sp³-hybridized carbons (Fsp3) is 0.400. The molecule has 1 aromatic heterocycles. The summed E-state index contributed by atoms with van der Waals surface area (Å²) in [6.07, 6.45) is 8.36. The maximum absolute atomic E-state index is 5.56. The smallest absolute Gasteiger partial charge is 0.142 e. The Kier molecular flexibility index (Phi) is 6.44. The molecule has 0 bridgehead atoms. The van der Waals surface area contributed by atoms with Gasteiger partial charge in [-0.1, -0.05) is 35.5 Å². The van der Waals surface area contributed by atoms with Gasteiger partial charge in [-0.05, 0) is 51.8 Å². The van der Waals surface area contributed by atoms with Crippen molar-refractivity contribution in [2.75, 3.05) is 6.61 Å². The summed E-state index contributed by atoms with van der Waals surface area (Å²) >= 11 is 5.14. The van der Waals surface area contributed by atoms with Gasteiger partial charge in [-0.15, -0.1) is 0 Å². The number of rotatable bonds is 6. The van der Waals surface area contributed by atoms with Crippen molar-refractivity contribution in [2.24, 2.45) is 0 Å². The summed E-state index contributed by atoms with van der Waals surface area (Å²) in [4.78, 5) is 5.56. The van der Waals surface area contributed by atoms with Crippen molar-refractivity contribution in [3.05, 3.63) is 52.3 Å². The molecular formula is C15H21NOS. The van der Waals surface area contributed by atoms with E-state index in [2.05, 4.69) is 32.9 Å². The van der Waals surface area contributed by atoms with E-state index in [0.29, 0.717) is 11.2 Å². The lowest BCUT2D eigenvalue weighted by molar-refractivity contribution is 0.130. The first-order chi connectivity index (χ1) is 8.59. The van der Waals surface area contributed by atoms with Gasteiger partial charge in [0, 0.05) is 6.20 Å². The third-order valence-corrected chi connectivity index (χ3v) is 2.84. The maximum atomic E-state index is 5.56. The zero-order chi connectivity index (χ0) is 13.4. The van der Waals surface area contributed by atoms with E-state index in [-0.39, 0.29) is 0 Å². The molecule has 3 heteroatoms. The number of nitrogens with zero attached hydrogens (tertiary/aromatic N) is 1. The molecule has 0 radical (unpaired) electrons. The van der Waals surface area contributed by atoms with Gasteiger partial charge in [0.25, 0.3) is 0 Å². The summed E-state index contributed by atoms with van der Waals surface area (Å²) in [7, 11) is 0. The third kappa shape index (κ3) is 5.82. The lowest BCUT2D eigenvalue weighted by Gasteiger charge is -2.07. The van der Waals surface area contributed by atoms with Crippen LogP contribution in [0.1, 0.15) is 33.6 Å². The van der Waals surface area contributed by atoms with E-state index in [9.17, 15) is 0 Å². The first kappa shape index (κ1) is 14.7. The molecule has 0 aliphatic carbocycles. The predicted octanol–water partition coefficient (Wildman–Crippen LogP) is 4.34. The van der Waals surface area contributed by atoms with Crippen molar-refractivity contribution in [2.45, 2.75) is 33.6 Å². The van der Waals surface area contributed by atoms with Crippen LogP contribution in [0.25, 0.3) is 0 Å². The summed E-state index contributed by atoms with van der Waals surface area (Å²) in [5, 5.41) is 0. The van der Waals surface area contributed by atoms with Gasteiger partial charge in [0.15, 0.2) is 0 Å². The molecule has 0 saturated heterocycles. The minimum atomic E-state index is 0.555. The second kappa shape index (κ2) is 7.88. The molecule has 2 nitrogen and oxygen atoms in total. The van der Waals surface area contributed by atoms with E-state index in [1.807, 2.05) is 24.4 Å². The van der Waals surface area contributed by atoms with Crippen LogP contribution in [0.3, 0.4) is 0 Å². The molecule has 0 aromatic carbocycles. The van der Waals surface area contributed by atoms with Crippen LogP contribution in [0.2, 0.25) is 0 Å². The quantitative estimate of drug-likeness (QED) is 0.560. The molecule has 0 spiro atoms. The highest BCUT2D eigenvalue weighted by atomic mass is 32.1. The Balaban J connectivity index is 2.38. The maximum Gasteiger partial charge on any atom is 0.142 e. The van der Waals surface area contributed by atoms with Crippen molar-refractivity contribution in [1.29, 1.82) is 0 Å². The van der Waals surface area contributed by atoms with E-state index in [4.69, 9.17) is 17.1 Å². The molecule has 0 saturated carbocycles. The van der Waals surface area contributed by atoms with Gasteiger partial charge in [-0.2, -0.15) is 4.73 Å². The van der Waals surface area contributed by atoms with Gasteiger partial charge >= 0.3 is 0 Å².